The molecule has 0 saturated carbocycles. The Balaban J connectivity index is 2.88. The minimum absolute atomic E-state index is 0.395. The fraction of sp³-hybridized carbons (Fsp3) is 0.400. The zero-order valence-electron chi connectivity index (χ0n) is 8.76. The van der Waals surface area contributed by atoms with E-state index in [1.165, 1.54) is 18.0 Å². The van der Waals surface area contributed by atoms with Crippen molar-refractivity contribution in [3.8, 4) is 0 Å². The van der Waals surface area contributed by atoms with Gasteiger partial charge >= 0.3 is 0 Å². The second kappa shape index (κ2) is 5.53. The van der Waals surface area contributed by atoms with Gasteiger partial charge in [0.25, 0.3) is 0 Å². The Hall–Kier alpha value is -0.520. The summed E-state index contributed by atoms with van der Waals surface area (Å²) >= 11 is 1.49. The number of hydrogen-bond acceptors (Lipinski definition) is 4. The van der Waals surface area contributed by atoms with Crippen molar-refractivity contribution in [2.45, 2.75) is 9.79 Å². The smallest absolute Gasteiger partial charge is 0.176 e. The Morgan fingerprint density at radius 3 is 2.60 bits per heavy atom. The number of methoxy groups -OCH3 is 1. The summed E-state index contributed by atoms with van der Waals surface area (Å²) in [4.78, 5) is 1.18. The van der Waals surface area contributed by atoms with Gasteiger partial charge in [-0.3, -0.25) is 0 Å². The summed E-state index contributed by atoms with van der Waals surface area (Å²) in [7, 11) is -1.50. The molecule has 0 fully saturated rings. The van der Waals surface area contributed by atoms with Crippen molar-refractivity contribution in [1.82, 2.24) is 0 Å². The molecule has 1 aromatic rings. The molecule has 5 heteroatoms. The van der Waals surface area contributed by atoms with Crippen LogP contribution in [0.2, 0.25) is 0 Å². The first-order valence-corrected chi connectivity index (χ1v) is 7.34. The van der Waals surface area contributed by atoms with Crippen LogP contribution < -0.4 is 0 Å². The van der Waals surface area contributed by atoms with Gasteiger partial charge in [-0.25, -0.2) is 8.42 Å². The summed E-state index contributed by atoms with van der Waals surface area (Å²) in [6, 6.07) is 7.02. The van der Waals surface area contributed by atoms with Gasteiger partial charge in [0.1, 0.15) is 0 Å². The molecule has 0 N–H and O–H groups in total. The van der Waals surface area contributed by atoms with Crippen LogP contribution in [0.5, 0.6) is 0 Å². The van der Waals surface area contributed by atoms with Gasteiger partial charge in [-0.05, 0) is 12.1 Å². The van der Waals surface area contributed by atoms with Gasteiger partial charge in [0.2, 0.25) is 0 Å². The number of sulfone groups is 1. The highest BCUT2D eigenvalue weighted by Gasteiger charge is 2.12. The maximum Gasteiger partial charge on any atom is 0.176 e. The Morgan fingerprint density at radius 2 is 2.00 bits per heavy atom. The van der Waals surface area contributed by atoms with E-state index in [4.69, 9.17) is 4.74 Å². The Labute approximate surface area is 94.8 Å². The fourth-order valence-corrected chi connectivity index (χ4v) is 3.36. The highest BCUT2D eigenvalue weighted by atomic mass is 32.2. The van der Waals surface area contributed by atoms with E-state index in [2.05, 4.69) is 0 Å². The van der Waals surface area contributed by atoms with Crippen LogP contribution in [0.3, 0.4) is 0 Å². The summed E-state index contributed by atoms with van der Waals surface area (Å²) in [5, 5.41) is 0. The van der Waals surface area contributed by atoms with Crippen molar-refractivity contribution in [1.29, 1.82) is 0 Å². The normalized spacial score (nSPS) is 11.6. The van der Waals surface area contributed by atoms with Crippen molar-refractivity contribution in [2.75, 3.05) is 25.7 Å². The lowest BCUT2D eigenvalue weighted by Gasteiger charge is -2.06. The molecule has 0 atom stereocenters. The highest BCUT2D eigenvalue weighted by molar-refractivity contribution is 8.00. The topological polar surface area (TPSA) is 43.4 Å². The van der Waals surface area contributed by atoms with E-state index < -0.39 is 9.84 Å². The first-order valence-electron chi connectivity index (χ1n) is 4.46. The standard InChI is InChI=1S/C10H14O3S2/c1-13-7-8-14-9-5-3-4-6-10(9)15(2,11)12/h3-6H,7-8H2,1-2H3. The first-order chi connectivity index (χ1) is 7.05. The van der Waals surface area contributed by atoms with E-state index in [1.54, 1.807) is 19.2 Å². The second-order valence-electron chi connectivity index (χ2n) is 3.06. The van der Waals surface area contributed by atoms with Gasteiger partial charge in [0, 0.05) is 24.0 Å². The third-order valence-corrected chi connectivity index (χ3v) is 4.12. The van der Waals surface area contributed by atoms with Crippen molar-refractivity contribution in [3.63, 3.8) is 0 Å². The molecule has 15 heavy (non-hydrogen) atoms. The minimum Gasteiger partial charge on any atom is -0.384 e. The summed E-state index contributed by atoms with van der Waals surface area (Å²) in [5.41, 5.74) is 0. The van der Waals surface area contributed by atoms with Crippen molar-refractivity contribution in [2.24, 2.45) is 0 Å². The van der Waals surface area contributed by atoms with Gasteiger partial charge in [-0.15, -0.1) is 11.8 Å². The Bertz CT molecular complexity index is 412. The molecular formula is C10H14O3S2. The molecule has 0 spiro atoms. The van der Waals surface area contributed by atoms with Crippen LogP contribution in [-0.4, -0.2) is 34.1 Å². The molecule has 0 aliphatic carbocycles. The number of thioether (sulfide) groups is 1. The van der Waals surface area contributed by atoms with Crippen LogP contribution in [0.25, 0.3) is 0 Å². The fourth-order valence-electron chi connectivity index (χ4n) is 1.11. The van der Waals surface area contributed by atoms with Crippen molar-refractivity contribution in [3.05, 3.63) is 24.3 Å². The Kier molecular flexibility index (Phi) is 4.63. The molecule has 1 rings (SSSR count). The maximum absolute atomic E-state index is 11.4. The zero-order valence-corrected chi connectivity index (χ0v) is 10.4. The lowest BCUT2D eigenvalue weighted by Crippen LogP contribution is -2.00. The van der Waals surface area contributed by atoms with Gasteiger partial charge in [-0.2, -0.15) is 0 Å². The van der Waals surface area contributed by atoms with E-state index in [0.29, 0.717) is 11.5 Å². The van der Waals surface area contributed by atoms with E-state index in [1.807, 2.05) is 12.1 Å². The Morgan fingerprint density at radius 1 is 1.33 bits per heavy atom. The van der Waals surface area contributed by atoms with E-state index in [-0.39, 0.29) is 0 Å². The molecule has 1 aromatic carbocycles. The number of rotatable bonds is 5. The van der Waals surface area contributed by atoms with Gasteiger partial charge in [0.05, 0.1) is 11.5 Å². The lowest BCUT2D eigenvalue weighted by molar-refractivity contribution is 0.218. The molecule has 0 bridgehead atoms. The summed E-state index contributed by atoms with van der Waals surface area (Å²) in [6.07, 6.45) is 1.22. The van der Waals surface area contributed by atoms with Crippen LogP contribution in [0.4, 0.5) is 0 Å². The van der Waals surface area contributed by atoms with Crippen LogP contribution in [0, 0.1) is 0 Å². The quantitative estimate of drug-likeness (QED) is 0.587. The molecular weight excluding hydrogens is 232 g/mol. The van der Waals surface area contributed by atoms with E-state index in [9.17, 15) is 8.42 Å². The van der Waals surface area contributed by atoms with Crippen molar-refractivity contribution >= 4 is 21.6 Å². The molecule has 0 amide bonds. The predicted octanol–water partition coefficient (Wildman–Crippen LogP) is 1.83. The lowest BCUT2D eigenvalue weighted by atomic mass is 10.4. The van der Waals surface area contributed by atoms with E-state index >= 15 is 0 Å². The SMILES string of the molecule is COCCSc1ccccc1S(C)(=O)=O. The number of benzene rings is 1. The predicted molar refractivity (Wildman–Crippen MR) is 62.2 cm³/mol. The first kappa shape index (κ1) is 12.5. The summed E-state index contributed by atoms with van der Waals surface area (Å²) in [5.74, 6) is 0.753. The van der Waals surface area contributed by atoms with Crippen LogP contribution >= 0.6 is 11.8 Å². The summed E-state index contributed by atoms with van der Waals surface area (Å²) < 4.78 is 27.8. The van der Waals surface area contributed by atoms with Crippen LogP contribution in [0.1, 0.15) is 0 Å². The minimum atomic E-state index is -3.13. The molecule has 0 aromatic heterocycles. The maximum atomic E-state index is 11.4. The van der Waals surface area contributed by atoms with Gasteiger partial charge < -0.3 is 4.74 Å². The number of ether oxygens (including phenoxy) is 1. The third kappa shape index (κ3) is 3.85. The monoisotopic (exact) mass is 246 g/mol. The van der Waals surface area contributed by atoms with E-state index in [0.717, 1.165) is 10.6 Å². The zero-order chi connectivity index (χ0) is 11.3. The second-order valence-corrected chi connectivity index (χ2v) is 6.18. The molecule has 0 radical (unpaired) electrons. The molecule has 0 unspecified atom stereocenters. The van der Waals surface area contributed by atoms with Gasteiger partial charge in [0.15, 0.2) is 9.84 Å². The molecule has 84 valence electrons. The molecule has 0 aliphatic heterocycles. The highest BCUT2D eigenvalue weighted by Crippen LogP contribution is 2.25. The van der Waals surface area contributed by atoms with Crippen LogP contribution in [0.15, 0.2) is 34.1 Å². The largest absolute Gasteiger partial charge is 0.384 e. The molecule has 0 saturated heterocycles. The van der Waals surface area contributed by atoms with Gasteiger partial charge in [-0.1, -0.05) is 12.1 Å². The molecule has 3 nitrogen and oxygen atoms in total. The number of hydrogen-bond donors (Lipinski definition) is 0. The molecule has 0 aliphatic rings. The average molecular weight is 246 g/mol. The molecule has 0 heterocycles. The summed E-state index contributed by atoms with van der Waals surface area (Å²) in [6.45, 7) is 0.614. The third-order valence-electron chi connectivity index (χ3n) is 1.79. The van der Waals surface area contributed by atoms with Crippen LogP contribution in [-0.2, 0) is 14.6 Å². The van der Waals surface area contributed by atoms with Crippen molar-refractivity contribution < 1.29 is 13.2 Å². The average Bonchev–Trinajstić information content (AvgIpc) is 2.17.